The minimum atomic E-state index is -0.341. The standard InChI is InChI=1S/C29H31N5O2S/c1-18-12-19(2)24(29(3,4)17-30)14-23(18)27(36)32-15-26(35)34-28-33-25(16-37-28)22-7-5-6-21(13-22)20-8-10-31-11-9-20/h5-14,16H,15,17,30H2,1-4H3,(H,32,36)(H,33,34,35). The van der Waals surface area contributed by atoms with Crippen molar-refractivity contribution in [3.05, 3.63) is 88.6 Å². The fourth-order valence-electron chi connectivity index (χ4n) is 4.22. The zero-order valence-corrected chi connectivity index (χ0v) is 22.3. The molecule has 2 heterocycles. The van der Waals surface area contributed by atoms with Gasteiger partial charge in [-0.3, -0.25) is 14.6 Å². The lowest BCUT2D eigenvalue weighted by molar-refractivity contribution is -0.115. The summed E-state index contributed by atoms with van der Waals surface area (Å²) in [6.45, 7) is 8.32. The number of amides is 2. The molecule has 37 heavy (non-hydrogen) atoms. The minimum Gasteiger partial charge on any atom is -0.343 e. The predicted molar refractivity (Wildman–Crippen MR) is 150 cm³/mol. The Balaban J connectivity index is 1.40. The smallest absolute Gasteiger partial charge is 0.251 e. The first-order chi connectivity index (χ1) is 17.7. The van der Waals surface area contributed by atoms with Gasteiger partial charge < -0.3 is 16.4 Å². The first kappa shape index (κ1) is 26.2. The first-order valence-electron chi connectivity index (χ1n) is 12.0. The quantitative estimate of drug-likeness (QED) is 0.304. The molecule has 0 aliphatic heterocycles. The topological polar surface area (TPSA) is 110 Å². The third-order valence-corrected chi connectivity index (χ3v) is 7.15. The van der Waals surface area contributed by atoms with Crippen molar-refractivity contribution in [1.29, 1.82) is 0 Å². The summed E-state index contributed by atoms with van der Waals surface area (Å²) in [5, 5.41) is 7.89. The molecule has 4 N–H and O–H groups in total. The van der Waals surface area contributed by atoms with Gasteiger partial charge in [0, 0.05) is 40.9 Å². The molecule has 0 aliphatic carbocycles. The molecule has 7 nitrogen and oxygen atoms in total. The van der Waals surface area contributed by atoms with Crippen LogP contribution in [-0.2, 0) is 10.2 Å². The Labute approximate surface area is 221 Å². The average molecular weight is 514 g/mol. The number of pyridine rings is 1. The Morgan fingerprint density at radius 1 is 0.973 bits per heavy atom. The van der Waals surface area contributed by atoms with Crippen molar-refractivity contribution in [2.45, 2.75) is 33.1 Å². The van der Waals surface area contributed by atoms with Crippen LogP contribution in [0.1, 0.15) is 40.9 Å². The van der Waals surface area contributed by atoms with Gasteiger partial charge in [0.1, 0.15) is 0 Å². The lowest BCUT2D eigenvalue weighted by atomic mass is 9.80. The molecule has 0 spiro atoms. The summed E-state index contributed by atoms with van der Waals surface area (Å²) in [6, 6.07) is 15.8. The van der Waals surface area contributed by atoms with E-state index < -0.39 is 0 Å². The molecule has 2 aromatic carbocycles. The van der Waals surface area contributed by atoms with E-state index in [1.54, 1.807) is 12.4 Å². The minimum absolute atomic E-state index is 0.159. The van der Waals surface area contributed by atoms with E-state index in [0.29, 0.717) is 17.2 Å². The number of benzene rings is 2. The Kier molecular flexibility index (Phi) is 7.80. The van der Waals surface area contributed by atoms with Crippen LogP contribution >= 0.6 is 11.3 Å². The molecule has 0 aliphatic rings. The van der Waals surface area contributed by atoms with Crippen LogP contribution in [0.3, 0.4) is 0 Å². The summed E-state index contributed by atoms with van der Waals surface area (Å²) in [5.41, 5.74) is 13.1. The lowest BCUT2D eigenvalue weighted by Gasteiger charge is -2.26. The summed E-state index contributed by atoms with van der Waals surface area (Å²) in [6.07, 6.45) is 3.52. The SMILES string of the molecule is Cc1cc(C)c(C(C)(C)CN)cc1C(=O)NCC(=O)Nc1nc(-c2cccc(-c3ccncc3)c2)cs1. The number of anilines is 1. The van der Waals surface area contributed by atoms with Crippen molar-refractivity contribution in [2.75, 3.05) is 18.4 Å². The van der Waals surface area contributed by atoms with Crippen molar-refractivity contribution in [1.82, 2.24) is 15.3 Å². The van der Waals surface area contributed by atoms with E-state index in [1.807, 2.05) is 61.7 Å². The summed E-state index contributed by atoms with van der Waals surface area (Å²) >= 11 is 1.34. The van der Waals surface area contributed by atoms with E-state index in [9.17, 15) is 9.59 Å². The lowest BCUT2D eigenvalue weighted by Crippen LogP contribution is -2.34. The molecule has 0 fully saturated rings. The van der Waals surface area contributed by atoms with E-state index in [0.717, 1.165) is 39.1 Å². The summed E-state index contributed by atoms with van der Waals surface area (Å²) in [7, 11) is 0. The molecule has 8 heteroatoms. The number of hydrogen-bond acceptors (Lipinski definition) is 6. The molecule has 2 amide bonds. The Morgan fingerprint density at radius 3 is 2.43 bits per heavy atom. The summed E-state index contributed by atoms with van der Waals surface area (Å²) in [5.74, 6) is -0.637. The highest BCUT2D eigenvalue weighted by Crippen LogP contribution is 2.29. The Bertz CT molecular complexity index is 1430. The van der Waals surface area contributed by atoms with E-state index >= 15 is 0 Å². The normalized spacial score (nSPS) is 11.3. The highest BCUT2D eigenvalue weighted by molar-refractivity contribution is 7.14. The van der Waals surface area contributed by atoms with Gasteiger partial charge in [0.05, 0.1) is 12.2 Å². The molecule has 4 aromatic rings. The second-order valence-corrected chi connectivity index (χ2v) is 10.5. The number of thiazole rings is 1. The molecular weight excluding hydrogens is 482 g/mol. The van der Waals surface area contributed by atoms with Crippen LogP contribution in [0.15, 0.2) is 66.3 Å². The zero-order valence-electron chi connectivity index (χ0n) is 21.5. The van der Waals surface area contributed by atoms with Crippen LogP contribution in [0.5, 0.6) is 0 Å². The largest absolute Gasteiger partial charge is 0.343 e. The number of nitrogens with two attached hydrogens (primary N) is 1. The number of rotatable bonds is 8. The average Bonchev–Trinajstić information content (AvgIpc) is 3.36. The number of hydrogen-bond donors (Lipinski definition) is 3. The van der Waals surface area contributed by atoms with Crippen LogP contribution in [0.25, 0.3) is 22.4 Å². The summed E-state index contributed by atoms with van der Waals surface area (Å²) in [4.78, 5) is 34.1. The number of aromatic nitrogens is 2. The fourth-order valence-corrected chi connectivity index (χ4v) is 4.96. The fraction of sp³-hybridized carbons (Fsp3) is 0.241. The van der Waals surface area contributed by atoms with E-state index in [4.69, 9.17) is 5.73 Å². The third-order valence-electron chi connectivity index (χ3n) is 6.39. The Hall–Kier alpha value is -3.88. The highest BCUT2D eigenvalue weighted by atomic mass is 32.1. The second kappa shape index (κ2) is 11.0. The summed E-state index contributed by atoms with van der Waals surface area (Å²) < 4.78 is 0. The van der Waals surface area contributed by atoms with Gasteiger partial charge in [-0.2, -0.15) is 0 Å². The Morgan fingerprint density at radius 2 is 1.70 bits per heavy atom. The van der Waals surface area contributed by atoms with Gasteiger partial charge in [0.15, 0.2) is 5.13 Å². The third kappa shape index (κ3) is 6.10. The van der Waals surface area contributed by atoms with E-state index in [2.05, 4.69) is 40.5 Å². The number of nitrogens with zero attached hydrogens (tertiary/aromatic N) is 2. The maximum absolute atomic E-state index is 12.9. The number of carbonyl (C=O) groups excluding carboxylic acids is 2. The van der Waals surface area contributed by atoms with Crippen LogP contribution in [0.2, 0.25) is 0 Å². The van der Waals surface area contributed by atoms with Gasteiger partial charge in [-0.1, -0.05) is 38.1 Å². The molecule has 190 valence electrons. The second-order valence-electron chi connectivity index (χ2n) is 9.66. The number of aryl methyl sites for hydroxylation is 2. The maximum atomic E-state index is 12.9. The van der Waals surface area contributed by atoms with Gasteiger partial charge in [-0.05, 0) is 65.9 Å². The van der Waals surface area contributed by atoms with Gasteiger partial charge in [0.2, 0.25) is 5.91 Å². The molecule has 0 saturated heterocycles. The zero-order chi connectivity index (χ0) is 26.6. The molecular formula is C29H31N5O2S. The molecule has 0 atom stereocenters. The van der Waals surface area contributed by atoms with Crippen LogP contribution < -0.4 is 16.4 Å². The van der Waals surface area contributed by atoms with Crippen LogP contribution in [0, 0.1) is 13.8 Å². The van der Waals surface area contributed by atoms with Gasteiger partial charge in [0.25, 0.3) is 5.91 Å². The van der Waals surface area contributed by atoms with Gasteiger partial charge >= 0.3 is 0 Å². The van der Waals surface area contributed by atoms with Gasteiger partial charge in [-0.15, -0.1) is 11.3 Å². The molecule has 0 unspecified atom stereocenters. The van der Waals surface area contributed by atoms with Crippen molar-refractivity contribution in [2.24, 2.45) is 5.73 Å². The molecule has 0 bridgehead atoms. The highest BCUT2D eigenvalue weighted by Gasteiger charge is 2.23. The molecule has 2 aromatic heterocycles. The van der Waals surface area contributed by atoms with Crippen LogP contribution in [0.4, 0.5) is 5.13 Å². The molecule has 0 radical (unpaired) electrons. The first-order valence-corrected chi connectivity index (χ1v) is 12.9. The maximum Gasteiger partial charge on any atom is 0.251 e. The molecule has 0 saturated carbocycles. The monoisotopic (exact) mass is 513 g/mol. The van der Waals surface area contributed by atoms with Crippen LogP contribution in [-0.4, -0.2) is 34.9 Å². The number of carbonyl (C=O) groups is 2. The predicted octanol–water partition coefficient (Wildman–Crippen LogP) is 5.09. The van der Waals surface area contributed by atoms with Crippen molar-refractivity contribution in [3.8, 4) is 22.4 Å². The van der Waals surface area contributed by atoms with Crippen molar-refractivity contribution >= 4 is 28.3 Å². The van der Waals surface area contributed by atoms with E-state index in [-0.39, 0.29) is 23.8 Å². The molecule has 4 rings (SSSR count). The van der Waals surface area contributed by atoms with E-state index in [1.165, 1.54) is 11.3 Å². The van der Waals surface area contributed by atoms with Crippen molar-refractivity contribution in [3.63, 3.8) is 0 Å². The number of nitrogens with one attached hydrogen (secondary N) is 2. The van der Waals surface area contributed by atoms with Crippen molar-refractivity contribution < 1.29 is 9.59 Å². The van der Waals surface area contributed by atoms with Gasteiger partial charge in [-0.25, -0.2) is 4.98 Å².